The van der Waals surface area contributed by atoms with Gasteiger partial charge < -0.3 is 5.32 Å². The third-order valence-corrected chi connectivity index (χ3v) is 4.39. The third kappa shape index (κ3) is 4.74. The number of nitrogens with one attached hydrogen (secondary N) is 1. The van der Waals surface area contributed by atoms with Crippen LogP contribution in [-0.4, -0.2) is 22.1 Å². The first kappa shape index (κ1) is 17.4. The molecule has 1 N–H and O–H groups in total. The summed E-state index contributed by atoms with van der Waals surface area (Å²) in [6, 6.07) is 14.3. The fourth-order valence-corrected chi connectivity index (χ4v) is 2.45. The minimum absolute atomic E-state index is 0.159. The molecule has 0 spiro atoms. The molecule has 5 heteroatoms. The van der Waals surface area contributed by atoms with E-state index in [2.05, 4.69) is 5.32 Å². The lowest BCUT2D eigenvalue weighted by molar-refractivity contribution is 0.0894. The molecule has 0 heterocycles. The lowest BCUT2D eigenvalue weighted by Crippen LogP contribution is -2.13. The van der Waals surface area contributed by atoms with Crippen molar-refractivity contribution < 1.29 is 9.59 Å². The average Bonchev–Trinajstić information content (AvgIpc) is 2.56. The number of hydrogen-bond acceptors (Lipinski definition) is 4. The summed E-state index contributed by atoms with van der Waals surface area (Å²) < 4.78 is 0.581. The Morgan fingerprint density at radius 3 is 2.43 bits per heavy atom. The Balaban J connectivity index is 2.23. The third-order valence-electron chi connectivity index (χ3n) is 3.31. The van der Waals surface area contributed by atoms with Gasteiger partial charge in [-0.1, -0.05) is 54.2 Å². The van der Waals surface area contributed by atoms with Crippen LogP contribution in [0.1, 0.15) is 32.7 Å². The van der Waals surface area contributed by atoms with E-state index in [0.29, 0.717) is 21.1 Å². The highest BCUT2D eigenvalue weighted by Gasteiger charge is 2.17. The number of thioether (sulfide) groups is 1. The van der Waals surface area contributed by atoms with Crippen LogP contribution in [0, 0.1) is 6.92 Å². The number of benzene rings is 2. The second kappa shape index (κ2) is 8.04. The number of carbonyl (C=O) groups is 2. The molecule has 0 unspecified atom stereocenters. The molecule has 0 fully saturated rings. The predicted molar refractivity (Wildman–Crippen MR) is 101 cm³/mol. The highest BCUT2D eigenvalue weighted by atomic mass is 32.2. The minimum atomic E-state index is -0.214. The summed E-state index contributed by atoms with van der Waals surface area (Å²) in [5, 5.41) is 3.04. The average molecular weight is 343 g/mol. The van der Waals surface area contributed by atoms with E-state index < -0.39 is 0 Å². The van der Waals surface area contributed by atoms with Crippen LogP contribution in [0.5, 0.6) is 0 Å². The van der Waals surface area contributed by atoms with Gasteiger partial charge in [-0.15, -0.1) is 11.8 Å². The first-order chi connectivity index (χ1) is 11.0. The number of hydrogen-bond donors (Lipinski definition) is 1. The van der Waals surface area contributed by atoms with E-state index >= 15 is 0 Å². The smallest absolute Gasteiger partial charge is 0.172 e. The molecule has 2 rings (SSSR count). The van der Waals surface area contributed by atoms with Gasteiger partial charge in [0.25, 0.3) is 0 Å². The fraction of sp³-hybridized carbons (Fsp3) is 0.167. The van der Waals surface area contributed by atoms with Crippen LogP contribution in [-0.2, 0) is 0 Å². The van der Waals surface area contributed by atoms with Crippen molar-refractivity contribution in [2.75, 3.05) is 11.6 Å². The van der Waals surface area contributed by atoms with Crippen LogP contribution < -0.4 is 5.32 Å². The Hall–Kier alpha value is -1.98. The van der Waals surface area contributed by atoms with Gasteiger partial charge in [0, 0.05) is 11.1 Å². The molecule has 2 aromatic carbocycles. The normalized spacial score (nSPS) is 10.2. The van der Waals surface area contributed by atoms with Gasteiger partial charge in [-0.05, 0) is 25.3 Å². The van der Waals surface area contributed by atoms with Crippen molar-refractivity contribution >= 4 is 45.6 Å². The van der Waals surface area contributed by atoms with E-state index in [9.17, 15) is 9.59 Å². The molecule has 118 valence electrons. The summed E-state index contributed by atoms with van der Waals surface area (Å²) in [6.45, 7) is 1.91. The molecule has 0 saturated carbocycles. The maximum Gasteiger partial charge on any atom is 0.172 e. The van der Waals surface area contributed by atoms with Gasteiger partial charge in [0.2, 0.25) is 0 Å². The molecule has 0 saturated heterocycles. The Morgan fingerprint density at radius 1 is 1.09 bits per heavy atom. The zero-order chi connectivity index (χ0) is 16.8. The minimum Gasteiger partial charge on any atom is -0.341 e. The van der Waals surface area contributed by atoms with Gasteiger partial charge in [0.05, 0.1) is 12.1 Å². The molecule has 0 aliphatic rings. The van der Waals surface area contributed by atoms with Crippen molar-refractivity contribution in [2.24, 2.45) is 0 Å². The van der Waals surface area contributed by atoms with Gasteiger partial charge in [-0.3, -0.25) is 9.59 Å². The molecule has 0 radical (unpaired) electrons. The van der Waals surface area contributed by atoms with Crippen LogP contribution in [0.3, 0.4) is 0 Å². The SMILES string of the molecule is CSC(=S)Nc1ccc(C)cc1C(=O)CC(=O)c1ccccc1. The second-order valence-electron chi connectivity index (χ2n) is 5.05. The number of ketones is 2. The molecule has 0 aliphatic heterocycles. The molecule has 0 bridgehead atoms. The van der Waals surface area contributed by atoms with Gasteiger partial charge in [-0.2, -0.15) is 0 Å². The van der Waals surface area contributed by atoms with Crippen molar-refractivity contribution in [3.8, 4) is 0 Å². The highest BCUT2D eigenvalue weighted by molar-refractivity contribution is 8.22. The summed E-state index contributed by atoms with van der Waals surface area (Å²) in [6.07, 6.45) is 1.71. The van der Waals surface area contributed by atoms with Crippen LogP contribution in [0.2, 0.25) is 0 Å². The van der Waals surface area contributed by atoms with Gasteiger partial charge >= 0.3 is 0 Å². The van der Waals surface area contributed by atoms with Crippen molar-refractivity contribution in [3.05, 3.63) is 65.2 Å². The number of thiocarbonyl (C=S) groups is 1. The maximum absolute atomic E-state index is 12.6. The van der Waals surface area contributed by atoms with Crippen molar-refractivity contribution in [1.82, 2.24) is 0 Å². The Morgan fingerprint density at radius 2 is 1.78 bits per heavy atom. The molecule has 0 aromatic heterocycles. The summed E-state index contributed by atoms with van der Waals surface area (Å²) >= 11 is 6.55. The summed E-state index contributed by atoms with van der Waals surface area (Å²) in [4.78, 5) is 24.8. The van der Waals surface area contributed by atoms with Crippen molar-refractivity contribution in [2.45, 2.75) is 13.3 Å². The van der Waals surface area contributed by atoms with E-state index in [1.807, 2.05) is 31.4 Å². The number of rotatable bonds is 5. The monoisotopic (exact) mass is 343 g/mol. The first-order valence-corrected chi connectivity index (χ1v) is 8.71. The zero-order valence-corrected chi connectivity index (χ0v) is 14.6. The molecular formula is C18H17NO2S2. The lowest BCUT2D eigenvalue weighted by Gasteiger charge is -2.12. The fourth-order valence-electron chi connectivity index (χ4n) is 2.13. The van der Waals surface area contributed by atoms with Crippen LogP contribution in [0.4, 0.5) is 5.69 Å². The molecule has 0 amide bonds. The summed E-state index contributed by atoms with van der Waals surface area (Å²) in [7, 11) is 0. The largest absolute Gasteiger partial charge is 0.341 e. The molecule has 3 nitrogen and oxygen atoms in total. The summed E-state index contributed by atoms with van der Waals surface area (Å²) in [5.41, 5.74) is 2.63. The van der Waals surface area contributed by atoms with Gasteiger partial charge in [0.15, 0.2) is 11.6 Å². The predicted octanol–water partition coefficient (Wildman–Crippen LogP) is 4.51. The van der Waals surface area contributed by atoms with E-state index in [1.54, 1.807) is 30.3 Å². The first-order valence-electron chi connectivity index (χ1n) is 7.08. The lowest BCUT2D eigenvalue weighted by atomic mass is 9.99. The number of carbonyl (C=O) groups excluding carboxylic acids is 2. The second-order valence-corrected chi connectivity index (χ2v) is 6.54. The quantitative estimate of drug-likeness (QED) is 0.492. The molecular weight excluding hydrogens is 326 g/mol. The van der Waals surface area contributed by atoms with Crippen molar-refractivity contribution in [1.29, 1.82) is 0 Å². The topological polar surface area (TPSA) is 46.2 Å². The zero-order valence-electron chi connectivity index (χ0n) is 13.0. The number of Topliss-reactive ketones (excluding diaryl/α,β-unsaturated/α-hetero) is 2. The van der Waals surface area contributed by atoms with Crippen molar-refractivity contribution in [3.63, 3.8) is 0 Å². The van der Waals surface area contributed by atoms with Crippen LogP contribution >= 0.6 is 24.0 Å². The molecule has 23 heavy (non-hydrogen) atoms. The Labute approximate surface area is 145 Å². The molecule has 2 aromatic rings. The standard InChI is InChI=1S/C18H17NO2S2/c1-12-8-9-15(19-18(22)23-2)14(10-12)17(21)11-16(20)13-6-4-3-5-7-13/h3-10H,11H2,1-2H3,(H,19,22). The number of aryl methyl sites for hydroxylation is 1. The van der Waals surface area contributed by atoms with E-state index in [0.717, 1.165) is 5.56 Å². The van der Waals surface area contributed by atoms with E-state index in [-0.39, 0.29) is 18.0 Å². The maximum atomic E-state index is 12.6. The Bertz CT molecular complexity index is 742. The number of anilines is 1. The van der Waals surface area contributed by atoms with E-state index in [1.165, 1.54) is 11.8 Å². The van der Waals surface area contributed by atoms with E-state index in [4.69, 9.17) is 12.2 Å². The van der Waals surface area contributed by atoms with Crippen LogP contribution in [0.25, 0.3) is 0 Å². The Kier molecular flexibility index (Phi) is 6.07. The van der Waals surface area contributed by atoms with Gasteiger partial charge in [0.1, 0.15) is 4.32 Å². The van der Waals surface area contributed by atoms with Gasteiger partial charge in [-0.25, -0.2) is 0 Å². The summed E-state index contributed by atoms with van der Waals surface area (Å²) in [5.74, 6) is -0.399. The molecule has 0 atom stereocenters. The van der Waals surface area contributed by atoms with Crippen LogP contribution in [0.15, 0.2) is 48.5 Å². The molecule has 0 aliphatic carbocycles. The highest BCUT2D eigenvalue weighted by Crippen LogP contribution is 2.21.